The minimum absolute atomic E-state index is 0.635. The molecule has 0 saturated carbocycles. The van der Waals surface area contributed by atoms with Crippen molar-refractivity contribution >= 4 is 16.9 Å². The van der Waals surface area contributed by atoms with E-state index in [0.717, 1.165) is 10.9 Å². The number of hydrogen-bond donors (Lipinski definition) is 1. The van der Waals surface area contributed by atoms with E-state index >= 15 is 0 Å². The lowest BCUT2D eigenvalue weighted by Crippen LogP contribution is -1.88. The fourth-order valence-electron chi connectivity index (χ4n) is 1.33. The van der Waals surface area contributed by atoms with Gasteiger partial charge in [0, 0.05) is 17.5 Å². The summed E-state index contributed by atoms with van der Waals surface area (Å²) in [4.78, 5) is 14.5. The Balaban J connectivity index is 2.63. The SMILES string of the molecule is O=C(O)C#Cc1cccc2cccnc12. The first-order valence-electron chi connectivity index (χ1n) is 4.36. The summed E-state index contributed by atoms with van der Waals surface area (Å²) in [6.07, 6.45) is 1.66. The molecule has 0 saturated heterocycles. The first-order valence-corrected chi connectivity index (χ1v) is 4.36. The fraction of sp³-hybridized carbons (Fsp3) is 0. The second-order valence-corrected chi connectivity index (χ2v) is 2.94. The first kappa shape index (κ1) is 9.22. The van der Waals surface area contributed by atoms with Gasteiger partial charge >= 0.3 is 5.97 Å². The van der Waals surface area contributed by atoms with Gasteiger partial charge < -0.3 is 5.11 Å². The summed E-state index contributed by atoms with van der Waals surface area (Å²) in [7, 11) is 0. The van der Waals surface area contributed by atoms with Gasteiger partial charge in [-0.2, -0.15) is 0 Å². The van der Waals surface area contributed by atoms with Crippen molar-refractivity contribution in [2.24, 2.45) is 0 Å². The Bertz CT molecular complexity index is 573. The van der Waals surface area contributed by atoms with Gasteiger partial charge in [0.05, 0.1) is 11.1 Å². The molecule has 0 atom stereocenters. The van der Waals surface area contributed by atoms with E-state index in [1.165, 1.54) is 0 Å². The molecule has 0 unspecified atom stereocenters. The second-order valence-electron chi connectivity index (χ2n) is 2.94. The molecule has 72 valence electrons. The van der Waals surface area contributed by atoms with Gasteiger partial charge in [-0.25, -0.2) is 4.79 Å². The molecule has 0 amide bonds. The molecular formula is C12H7NO2. The number of rotatable bonds is 0. The summed E-state index contributed by atoms with van der Waals surface area (Å²) in [6, 6.07) is 9.24. The highest BCUT2D eigenvalue weighted by Crippen LogP contribution is 2.14. The molecule has 1 aromatic carbocycles. The van der Waals surface area contributed by atoms with E-state index in [1.54, 1.807) is 12.3 Å². The number of carbonyl (C=O) groups is 1. The molecule has 15 heavy (non-hydrogen) atoms. The van der Waals surface area contributed by atoms with Crippen molar-refractivity contribution in [3.8, 4) is 11.8 Å². The smallest absolute Gasteiger partial charge is 0.382 e. The van der Waals surface area contributed by atoms with Crippen LogP contribution in [0.15, 0.2) is 36.5 Å². The van der Waals surface area contributed by atoms with Crippen LogP contribution in [-0.2, 0) is 4.79 Å². The van der Waals surface area contributed by atoms with Crippen molar-refractivity contribution in [1.29, 1.82) is 0 Å². The fourth-order valence-corrected chi connectivity index (χ4v) is 1.33. The summed E-state index contributed by atoms with van der Waals surface area (Å²) >= 11 is 0. The van der Waals surface area contributed by atoms with Crippen molar-refractivity contribution in [1.82, 2.24) is 4.98 Å². The maximum absolute atomic E-state index is 10.3. The number of fused-ring (bicyclic) bond motifs is 1. The van der Waals surface area contributed by atoms with Crippen molar-refractivity contribution < 1.29 is 9.90 Å². The standard InChI is InChI=1S/C12H7NO2/c14-11(15)7-6-10-4-1-3-9-5-2-8-13-12(9)10/h1-5,8H,(H,14,15). The van der Waals surface area contributed by atoms with E-state index in [1.807, 2.05) is 24.3 Å². The van der Waals surface area contributed by atoms with Crippen LogP contribution in [0.4, 0.5) is 0 Å². The number of carboxylic acids is 1. The topological polar surface area (TPSA) is 50.2 Å². The molecule has 0 bridgehead atoms. The quantitative estimate of drug-likeness (QED) is 0.653. The lowest BCUT2D eigenvalue weighted by atomic mass is 10.1. The molecular weight excluding hydrogens is 190 g/mol. The lowest BCUT2D eigenvalue weighted by molar-refractivity contribution is -0.130. The second kappa shape index (κ2) is 3.81. The zero-order chi connectivity index (χ0) is 10.7. The van der Waals surface area contributed by atoms with E-state index in [0.29, 0.717) is 5.56 Å². The average Bonchev–Trinajstić information content (AvgIpc) is 2.26. The molecule has 3 heteroatoms. The highest BCUT2D eigenvalue weighted by molar-refractivity contribution is 5.90. The third-order valence-corrected chi connectivity index (χ3v) is 1.94. The largest absolute Gasteiger partial charge is 0.472 e. The van der Waals surface area contributed by atoms with Gasteiger partial charge in [-0.1, -0.05) is 24.1 Å². The molecule has 0 fully saturated rings. The van der Waals surface area contributed by atoms with Crippen LogP contribution >= 0.6 is 0 Å². The van der Waals surface area contributed by atoms with Crippen LogP contribution in [-0.4, -0.2) is 16.1 Å². The van der Waals surface area contributed by atoms with E-state index in [2.05, 4.69) is 16.8 Å². The maximum atomic E-state index is 10.3. The van der Waals surface area contributed by atoms with Crippen LogP contribution in [0, 0.1) is 11.8 Å². The Hall–Kier alpha value is -2.34. The Labute approximate surface area is 86.4 Å². The highest BCUT2D eigenvalue weighted by atomic mass is 16.4. The van der Waals surface area contributed by atoms with Crippen LogP contribution in [0.5, 0.6) is 0 Å². The predicted octanol–water partition coefficient (Wildman–Crippen LogP) is 1.67. The Morgan fingerprint density at radius 3 is 2.87 bits per heavy atom. The minimum atomic E-state index is -1.14. The van der Waals surface area contributed by atoms with Gasteiger partial charge in [-0.05, 0) is 12.1 Å². The third-order valence-electron chi connectivity index (χ3n) is 1.94. The van der Waals surface area contributed by atoms with Gasteiger partial charge in [0.15, 0.2) is 0 Å². The molecule has 1 aromatic heterocycles. The molecule has 2 aromatic rings. The minimum Gasteiger partial charge on any atom is -0.472 e. The van der Waals surface area contributed by atoms with Crippen molar-refractivity contribution in [3.05, 3.63) is 42.1 Å². The summed E-state index contributed by atoms with van der Waals surface area (Å²) < 4.78 is 0. The molecule has 0 aliphatic heterocycles. The van der Waals surface area contributed by atoms with Crippen LogP contribution in [0.3, 0.4) is 0 Å². The molecule has 0 spiro atoms. The number of para-hydroxylation sites is 1. The number of hydrogen-bond acceptors (Lipinski definition) is 2. The van der Waals surface area contributed by atoms with Crippen molar-refractivity contribution in [2.75, 3.05) is 0 Å². The zero-order valence-electron chi connectivity index (χ0n) is 7.77. The number of benzene rings is 1. The highest BCUT2D eigenvalue weighted by Gasteiger charge is 1.98. The molecule has 3 nitrogen and oxygen atoms in total. The van der Waals surface area contributed by atoms with Crippen LogP contribution in [0.2, 0.25) is 0 Å². The molecule has 0 aliphatic carbocycles. The Kier molecular flexibility index (Phi) is 2.34. The van der Waals surface area contributed by atoms with Crippen LogP contribution in [0.25, 0.3) is 10.9 Å². The lowest BCUT2D eigenvalue weighted by Gasteiger charge is -1.97. The van der Waals surface area contributed by atoms with E-state index in [4.69, 9.17) is 5.11 Å². The molecule has 0 radical (unpaired) electrons. The van der Waals surface area contributed by atoms with Crippen LogP contribution < -0.4 is 0 Å². The monoisotopic (exact) mass is 197 g/mol. The van der Waals surface area contributed by atoms with Gasteiger partial charge in [0.2, 0.25) is 0 Å². The Morgan fingerprint density at radius 1 is 1.27 bits per heavy atom. The normalized spacial score (nSPS) is 9.33. The Morgan fingerprint density at radius 2 is 2.07 bits per heavy atom. The number of pyridine rings is 1. The summed E-state index contributed by atoms with van der Waals surface area (Å²) in [5.74, 6) is 3.52. The summed E-state index contributed by atoms with van der Waals surface area (Å²) in [5.41, 5.74) is 1.37. The van der Waals surface area contributed by atoms with Crippen molar-refractivity contribution in [3.63, 3.8) is 0 Å². The van der Waals surface area contributed by atoms with Gasteiger partial charge in [0.1, 0.15) is 0 Å². The number of aliphatic carboxylic acids is 1. The molecule has 0 aliphatic rings. The van der Waals surface area contributed by atoms with Crippen LogP contribution in [0.1, 0.15) is 5.56 Å². The number of aromatic nitrogens is 1. The zero-order valence-corrected chi connectivity index (χ0v) is 7.77. The van der Waals surface area contributed by atoms with E-state index < -0.39 is 5.97 Å². The number of carboxylic acid groups (broad SMARTS) is 1. The predicted molar refractivity (Wildman–Crippen MR) is 56.3 cm³/mol. The van der Waals surface area contributed by atoms with Gasteiger partial charge in [-0.15, -0.1) is 0 Å². The van der Waals surface area contributed by atoms with E-state index in [-0.39, 0.29) is 0 Å². The van der Waals surface area contributed by atoms with E-state index in [9.17, 15) is 4.79 Å². The molecule has 2 rings (SSSR count). The first-order chi connectivity index (χ1) is 7.27. The third kappa shape index (κ3) is 1.94. The van der Waals surface area contributed by atoms with Gasteiger partial charge in [0.25, 0.3) is 0 Å². The molecule has 1 heterocycles. The summed E-state index contributed by atoms with van der Waals surface area (Å²) in [6.45, 7) is 0. The van der Waals surface area contributed by atoms with Crippen molar-refractivity contribution in [2.45, 2.75) is 0 Å². The molecule has 1 N–H and O–H groups in total. The average molecular weight is 197 g/mol. The maximum Gasteiger partial charge on any atom is 0.382 e. The summed E-state index contributed by atoms with van der Waals surface area (Å²) in [5, 5.41) is 9.41. The number of nitrogens with zero attached hydrogens (tertiary/aromatic N) is 1. The van der Waals surface area contributed by atoms with Gasteiger partial charge in [-0.3, -0.25) is 4.98 Å².